The number of para-hydroxylation sites is 1. The molecule has 1 N–H and O–H groups in total. The van der Waals surface area contributed by atoms with Gasteiger partial charge in [-0.05, 0) is 6.07 Å². The Hall–Kier alpha value is -2.08. The van der Waals surface area contributed by atoms with E-state index in [0.29, 0.717) is 19.7 Å². The van der Waals surface area contributed by atoms with Crippen LogP contribution in [0.2, 0.25) is 0 Å². The van der Waals surface area contributed by atoms with Crippen molar-refractivity contribution < 1.29 is 14.6 Å². The van der Waals surface area contributed by atoms with Crippen molar-refractivity contribution in [2.24, 2.45) is 0 Å². The Kier molecular flexibility index (Phi) is 3.08. The van der Waals surface area contributed by atoms with Gasteiger partial charge < -0.3 is 14.7 Å². The van der Waals surface area contributed by atoms with E-state index in [1.807, 2.05) is 29.2 Å². The summed E-state index contributed by atoms with van der Waals surface area (Å²) in [7, 11) is 0. The summed E-state index contributed by atoms with van der Waals surface area (Å²) in [4.78, 5) is 17.4. The number of aromatic nitrogens is 1. The lowest BCUT2D eigenvalue weighted by Gasteiger charge is -2.18. The van der Waals surface area contributed by atoms with Gasteiger partial charge in [-0.25, -0.2) is 9.78 Å². The third-order valence-corrected chi connectivity index (χ3v) is 3.97. The van der Waals surface area contributed by atoms with E-state index in [0.717, 1.165) is 16.4 Å². The Morgan fingerprint density at radius 2 is 2.26 bits per heavy atom. The fourth-order valence-corrected chi connectivity index (χ4v) is 2.78. The highest BCUT2D eigenvalue weighted by Gasteiger charge is 2.19. The molecule has 0 fully saturated rings. The van der Waals surface area contributed by atoms with Gasteiger partial charge in [-0.1, -0.05) is 29.5 Å². The van der Waals surface area contributed by atoms with E-state index in [4.69, 9.17) is 9.84 Å². The molecule has 98 valence electrons. The number of carbonyl (C=O) groups is 1. The van der Waals surface area contributed by atoms with Crippen molar-refractivity contribution in [3.63, 3.8) is 0 Å². The summed E-state index contributed by atoms with van der Waals surface area (Å²) in [6, 6.07) is 7.87. The number of hydrogen-bond acceptors (Lipinski definition) is 5. The first-order valence-electron chi connectivity index (χ1n) is 5.89. The number of aromatic carboxylic acids is 1. The largest absolute Gasteiger partial charge is 0.491 e. The summed E-state index contributed by atoms with van der Waals surface area (Å²) in [5, 5.41) is 9.66. The number of rotatable bonds is 2. The number of ether oxygens (including phenoxy) is 1. The molecule has 0 aliphatic carbocycles. The number of nitrogens with zero attached hydrogens (tertiary/aromatic N) is 2. The fourth-order valence-electron chi connectivity index (χ4n) is 2.00. The molecule has 1 aliphatic heterocycles. The van der Waals surface area contributed by atoms with Crippen LogP contribution in [0.4, 0.5) is 5.13 Å². The van der Waals surface area contributed by atoms with Gasteiger partial charge in [-0.3, -0.25) is 0 Å². The van der Waals surface area contributed by atoms with Crippen molar-refractivity contribution >= 4 is 22.4 Å². The molecule has 6 heteroatoms. The number of fused-ring (bicyclic) bond motifs is 1. The first-order valence-corrected chi connectivity index (χ1v) is 6.70. The van der Waals surface area contributed by atoms with Gasteiger partial charge in [0.15, 0.2) is 5.13 Å². The van der Waals surface area contributed by atoms with E-state index < -0.39 is 5.97 Å². The molecule has 0 unspecified atom stereocenters. The van der Waals surface area contributed by atoms with Crippen LogP contribution in [-0.2, 0) is 6.54 Å². The molecule has 0 spiro atoms. The third-order valence-electron chi connectivity index (χ3n) is 2.93. The zero-order valence-electron chi connectivity index (χ0n) is 10.1. The van der Waals surface area contributed by atoms with Crippen LogP contribution in [-0.4, -0.2) is 29.2 Å². The summed E-state index contributed by atoms with van der Waals surface area (Å²) in [6.07, 6.45) is 1.40. The Morgan fingerprint density at radius 1 is 1.42 bits per heavy atom. The van der Waals surface area contributed by atoms with Gasteiger partial charge >= 0.3 is 5.97 Å². The monoisotopic (exact) mass is 276 g/mol. The average molecular weight is 276 g/mol. The number of carboxylic acids is 1. The minimum absolute atomic E-state index is 0.258. The minimum Gasteiger partial charge on any atom is -0.491 e. The molecule has 0 amide bonds. The highest BCUT2D eigenvalue weighted by atomic mass is 32.1. The van der Waals surface area contributed by atoms with E-state index in [2.05, 4.69) is 4.98 Å². The van der Waals surface area contributed by atoms with Gasteiger partial charge in [0.25, 0.3) is 0 Å². The molecule has 0 radical (unpaired) electrons. The molecule has 2 heterocycles. The van der Waals surface area contributed by atoms with Crippen LogP contribution in [0.15, 0.2) is 30.5 Å². The van der Waals surface area contributed by atoms with Gasteiger partial charge in [-0.2, -0.15) is 0 Å². The lowest BCUT2D eigenvalue weighted by Crippen LogP contribution is -2.24. The average Bonchev–Trinajstić information content (AvgIpc) is 2.80. The third kappa shape index (κ3) is 2.39. The Bertz CT molecular complexity index is 611. The van der Waals surface area contributed by atoms with Gasteiger partial charge in [-0.15, -0.1) is 0 Å². The van der Waals surface area contributed by atoms with Crippen molar-refractivity contribution in [1.82, 2.24) is 4.98 Å². The first kappa shape index (κ1) is 12.0. The van der Waals surface area contributed by atoms with Gasteiger partial charge in [0.1, 0.15) is 17.2 Å². The standard InChI is InChI=1S/C13H12N2O3S/c16-12(17)11-7-14-13(19-11)15-5-6-18-10-4-2-1-3-9(10)8-15/h1-4,7H,5-6,8H2,(H,16,17). The Morgan fingerprint density at radius 3 is 3.05 bits per heavy atom. The zero-order valence-corrected chi connectivity index (χ0v) is 10.9. The molecule has 2 aromatic rings. The van der Waals surface area contributed by atoms with Crippen molar-refractivity contribution in [3.05, 3.63) is 40.9 Å². The number of thiazole rings is 1. The molecular weight excluding hydrogens is 264 g/mol. The van der Waals surface area contributed by atoms with Crippen molar-refractivity contribution in [2.75, 3.05) is 18.1 Å². The smallest absolute Gasteiger partial charge is 0.347 e. The molecule has 3 rings (SSSR count). The maximum Gasteiger partial charge on any atom is 0.347 e. The van der Waals surface area contributed by atoms with E-state index in [1.165, 1.54) is 17.5 Å². The van der Waals surface area contributed by atoms with Crippen LogP contribution >= 0.6 is 11.3 Å². The zero-order chi connectivity index (χ0) is 13.2. The van der Waals surface area contributed by atoms with Crippen LogP contribution < -0.4 is 9.64 Å². The second-order valence-electron chi connectivity index (χ2n) is 4.19. The van der Waals surface area contributed by atoms with Gasteiger partial charge in [0.05, 0.1) is 12.7 Å². The van der Waals surface area contributed by atoms with Crippen LogP contribution in [0.3, 0.4) is 0 Å². The summed E-state index contributed by atoms with van der Waals surface area (Å²) in [6.45, 7) is 1.95. The molecule has 5 nitrogen and oxygen atoms in total. The van der Waals surface area contributed by atoms with E-state index in [-0.39, 0.29) is 4.88 Å². The van der Waals surface area contributed by atoms with E-state index >= 15 is 0 Å². The van der Waals surface area contributed by atoms with E-state index in [1.54, 1.807) is 0 Å². The van der Waals surface area contributed by atoms with Crippen molar-refractivity contribution in [2.45, 2.75) is 6.54 Å². The van der Waals surface area contributed by atoms with Crippen molar-refractivity contribution in [3.8, 4) is 5.75 Å². The number of hydrogen-bond donors (Lipinski definition) is 1. The second kappa shape index (κ2) is 4.89. The molecular formula is C13H12N2O3S. The van der Waals surface area contributed by atoms with Crippen LogP contribution in [0.25, 0.3) is 0 Å². The number of carboxylic acid groups (broad SMARTS) is 1. The van der Waals surface area contributed by atoms with Gasteiger partial charge in [0, 0.05) is 12.1 Å². The molecule has 0 saturated heterocycles. The molecule has 1 aliphatic rings. The predicted octanol–water partition coefficient (Wildman–Crippen LogP) is 2.24. The maximum atomic E-state index is 10.9. The fraction of sp³-hybridized carbons (Fsp3) is 0.231. The normalized spacial score (nSPS) is 14.4. The van der Waals surface area contributed by atoms with Gasteiger partial charge in [0.2, 0.25) is 0 Å². The topological polar surface area (TPSA) is 62.7 Å². The maximum absolute atomic E-state index is 10.9. The minimum atomic E-state index is -0.935. The predicted molar refractivity (Wildman–Crippen MR) is 72.1 cm³/mol. The highest BCUT2D eigenvalue weighted by molar-refractivity contribution is 7.17. The summed E-state index contributed by atoms with van der Waals surface area (Å²) in [5.74, 6) is -0.0461. The number of benzene rings is 1. The molecule has 1 aromatic carbocycles. The molecule has 1 aromatic heterocycles. The molecule has 19 heavy (non-hydrogen) atoms. The number of anilines is 1. The molecule has 0 saturated carbocycles. The summed E-state index contributed by atoms with van der Waals surface area (Å²) in [5.41, 5.74) is 1.09. The Labute approximate surface area is 114 Å². The van der Waals surface area contributed by atoms with Crippen LogP contribution in [0, 0.1) is 0 Å². The van der Waals surface area contributed by atoms with Crippen LogP contribution in [0.1, 0.15) is 15.2 Å². The quantitative estimate of drug-likeness (QED) is 0.911. The van der Waals surface area contributed by atoms with E-state index in [9.17, 15) is 4.79 Å². The summed E-state index contributed by atoms with van der Waals surface area (Å²) < 4.78 is 5.67. The Balaban J connectivity index is 1.87. The van der Waals surface area contributed by atoms with Crippen LogP contribution in [0.5, 0.6) is 5.75 Å². The first-order chi connectivity index (χ1) is 9.24. The SMILES string of the molecule is O=C(O)c1cnc(N2CCOc3ccccc3C2)s1. The van der Waals surface area contributed by atoms with Crippen molar-refractivity contribution in [1.29, 1.82) is 0 Å². The lowest BCUT2D eigenvalue weighted by atomic mass is 10.2. The highest BCUT2D eigenvalue weighted by Crippen LogP contribution is 2.28. The molecule has 0 atom stereocenters. The molecule has 0 bridgehead atoms. The summed E-state index contributed by atoms with van der Waals surface area (Å²) >= 11 is 1.19. The lowest BCUT2D eigenvalue weighted by molar-refractivity contribution is 0.0702. The second-order valence-corrected chi connectivity index (χ2v) is 5.20.